The van der Waals surface area contributed by atoms with Gasteiger partial charge in [0.25, 0.3) is 0 Å². The minimum Gasteiger partial charge on any atom is -0.497 e. The van der Waals surface area contributed by atoms with Gasteiger partial charge in [-0.05, 0) is 36.5 Å². The standard InChI is InChI=1S/C16H21N3O3/c1-22-13-6-4-12(5-7-13)15(11-2-3-11)18-16(21)19-9-8-17-14(20)10-19/h4-7,11,15H,2-3,8-10H2,1H3,(H,17,20)(H,18,21)/t15-/m1/s1. The Bertz CT molecular complexity index is 554. The first-order valence-corrected chi connectivity index (χ1v) is 7.63. The largest absolute Gasteiger partial charge is 0.497 e. The van der Waals surface area contributed by atoms with Crippen molar-refractivity contribution in [1.29, 1.82) is 0 Å². The van der Waals surface area contributed by atoms with E-state index in [0.717, 1.165) is 24.2 Å². The van der Waals surface area contributed by atoms with Crippen LogP contribution >= 0.6 is 0 Å². The molecule has 6 nitrogen and oxygen atoms in total. The van der Waals surface area contributed by atoms with Gasteiger partial charge in [0.05, 0.1) is 13.2 Å². The van der Waals surface area contributed by atoms with Crippen molar-refractivity contribution < 1.29 is 14.3 Å². The van der Waals surface area contributed by atoms with Gasteiger partial charge in [0.15, 0.2) is 0 Å². The molecule has 1 atom stereocenters. The first-order valence-electron chi connectivity index (χ1n) is 7.63. The number of nitrogens with one attached hydrogen (secondary N) is 2. The fourth-order valence-electron chi connectivity index (χ4n) is 2.75. The second kappa shape index (κ2) is 6.25. The van der Waals surface area contributed by atoms with Crippen molar-refractivity contribution in [2.45, 2.75) is 18.9 Å². The molecule has 3 rings (SSSR count). The lowest BCUT2D eigenvalue weighted by Gasteiger charge is -2.29. The van der Waals surface area contributed by atoms with Gasteiger partial charge in [-0.15, -0.1) is 0 Å². The summed E-state index contributed by atoms with van der Waals surface area (Å²) in [5.41, 5.74) is 1.08. The molecule has 118 valence electrons. The van der Waals surface area contributed by atoms with Gasteiger partial charge in [-0.25, -0.2) is 4.79 Å². The van der Waals surface area contributed by atoms with Gasteiger partial charge in [0.1, 0.15) is 12.3 Å². The number of rotatable bonds is 4. The highest BCUT2D eigenvalue weighted by molar-refractivity contribution is 5.85. The Labute approximate surface area is 129 Å². The third-order valence-corrected chi connectivity index (χ3v) is 4.17. The lowest BCUT2D eigenvalue weighted by molar-refractivity contribution is -0.123. The van der Waals surface area contributed by atoms with Gasteiger partial charge in [0.2, 0.25) is 5.91 Å². The Balaban J connectivity index is 1.68. The van der Waals surface area contributed by atoms with E-state index in [1.54, 1.807) is 12.0 Å². The molecule has 0 spiro atoms. The van der Waals surface area contributed by atoms with Crippen molar-refractivity contribution in [2.75, 3.05) is 26.7 Å². The van der Waals surface area contributed by atoms with Crippen LogP contribution in [0.2, 0.25) is 0 Å². The van der Waals surface area contributed by atoms with Crippen LogP contribution in [0.5, 0.6) is 5.75 Å². The highest BCUT2D eigenvalue weighted by Crippen LogP contribution is 2.41. The molecule has 2 N–H and O–H groups in total. The Kier molecular flexibility index (Phi) is 4.18. The van der Waals surface area contributed by atoms with Gasteiger partial charge in [-0.2, -0.15) is 0 Å². The molecule has 0 aromatic heterocycles. The number of amides is 3. The van der Waals surface area contributed by atoms with Gasteiger partial charge in [-0.3, -0.25) is 4.79 Å². The number of methoxy groups -OCH3 is 1. The predicted molar refractivity (Wildman–Crippen MR) is 81.6 cm³/mol. The molecule has 1 saturated carbocycles. The molecule has 0 bridgehead atoms. The first-order chi connectivity index (χ1) is 10.7. The van der Waals surface area contributed by atoms with E-state index in [9.17, 15) is 9.59 Å². The summed E-state index contributed by atoms with van der Waals surface area (Å²) in [4.78, 5) is 25.4. The van der Waals surface area contributed by atoms with Crippen molar-refractivity contribution in [3.05, 3.63) is 29.8 Å². The Hall–Kier alpha value is -2.24. The zero-order valence-corrected chi connectivity index (χ0v) is 12.7. The Morgan fingerprint density at radius 1 is 1.36 bits per heavy atom. The summed E-state index contributed by atoms with van der Waals surface area (Å²) in [6, 6.07) is 7.64. The zero-order valence-electron chi connectivity index (χ0n) is 12.7. The summed E-state index contributed by atoms with van der Waals surface area (Å²) in [6.07, 6.45) is 2.24. The fraction of sp³-hybridized carbons (Fsp3) is 0.500. The number of urea groups is 1. The smallest absolute Gasteiger partial charge is 0.318 e. The average Bonchev–Trinajstić information content (AvgIpc) is 3.37. The molecule has 2 aliphatic rings. The Morgan fingerprint density at radius 3 is 2.68 bits per heavy atom. The van der Waals surface area contributed by atoms with Crippen molar-refractivity contribution in [2.24, 2.45) is 5.92 Å². The molecule has 6 heteroatoms. The van der Waals surface area contributed by atoms with Crippen LogP contribution in [0.4, 0.5) is 4.79 Å². The molecule has 3 amide bonds. The molecule has 0 radical (unpaired) electrons. The number of benzene rings is 1. The third-order valence-electron chi connectivity index (χ3n) is 4.17. The van der Waals surface area contributed by atoms with Crippen molar-refractivity contribution >= 4 is 11.9 Å². The van der Waals surface area contributed by atoms with Crippen LogP contribution in [-0.2, 0) is 4.79 Å². The van der Waals surface area contributed by atoms with E-state index in [0.29, 0.717) is 19.0 Å². The number of carbonyl (C=O) groups is 2. The zero-order chi connectivity index (χ0) is 15.5. The molecule has 2 fully saturated rings. The van der Waals surface area contributed by atoms with Crippen LogP contribution < -0.4 is 15.4 Å². The van der Waals surface area contributed by atoms with Gasteiger partial charge in [-0.1, -0.05) is 12.1 Å². The summed E-state index contributed by atoms with van der Waals surface area (Å²) < 4.78 is 5.17. The summed E-state index contributed by atoms with van der Waals surface area (Å²) in [5.74, 6) is 1.18. The third kappa shape index (κ3) is 3.32. The van der Waals surface area contributed by atoms with E-state index in [1.807, 2.05) is 24.3 Å². The minimum atomic E-state index is -0.164. The van der Waals surface area contributed by atoms with Gasteiger partial charge < -0.3 is 20.3 Å². The first kappa shape index (κ1) is 14.7. The van der Waals surface area contributed by atoms with Crippen molar-refractivity contribution in [3.63, 3.8) is 0 Å². The number of piperazine rings is 1. The normalized spacial score (nSPS) is 19.3. The van der Waals surface area contributed by atoms with Crippen LogP contribution in [0, 0.1) is 5.92 Å². The van der Waals surface area contributed by atoms with E-state index in [-0.39, 0.29) is 24.5 Å². The Morgan fingerprint density at radius 2 is 2.09 bits per heavy atom. The summed E-state index contributed by atoms with van der Waals surface area (Å²) >= 11 is 0. The van der Waals surface area contributed by atoms with Crippen LogP contribution in [-0.4, -0.2) is 43.6 Å². The van der Waals surface area contributed by atoms with E-state index >= 15 is 0 Å². The predicted octanol–water partition coefficient (Wildman–Crippen LogP) is 1.29. The molecule has 1 aromatic carbocycles. The van der Waals surface area contributed by atoms with E-state index in [1.165, 1.54) is 0 Å². The van der Waals surface area contributed by atoms with Crippen LogP contribution in [0.25, 0.3) is 0 Å². The minimum absolute atomic E-state index is 0.00314. The summed E-state index contributed by atoms with van der Waals surface area (Å²) in [6.45, 7) is 1.20. The molecule has 0 unspecified atom stereocenters. The van der Waals surface area contributed by atoms with Crippen molar-refractivity contribution in [1.82, 2.24) is 15.5 Å². The maximum absolute atomic E-state index is 12.4. The number of carbonyl (C=O) groups excluding carboxylic acids is 2. The lowest BCUT2D eigenvalue weighted by atomic mass is 10.0. The van der Waals surface area contributed by atoms with Crippen LogP contribution in [0.3, 0.4) is 0 Å². The number of hydrogen-bond acceptors (Lipinski definition) is 3. The van der Waals surface area contributed by atoms with Crippen LogP contribution in [0.15, 0.2) is 24.3 Å². The molecular weight excluding hydrogens is 282 g/mol. The van der Waals surface area contributed by atoms with E-state index in [2.05, 4.69) is 10.6 Å². The number of nitrogens with zero attached hydrogens (tertiary/aromatic N) is 1. The average molecular weight is 303 g/mol. The molecule has 1 aliphatic carbocycles. The topological polar surface area (TPSA) is 70.7 Å². The highest BCUT2D eigenvalue weighted by atomic mass is 16.5. The number of ether oxygens (including phenoxy) is 1. The highest BCUT2D eigenvalue weighted by Gasteiger charge is 2.34. The molecule has 1 saturated heterocycles. The van der Waals surface area contributed by atoms with E-state index in [4.69, 9.17) is 4.74 Å². The second-order valence-electron chi connectivity index (χ2n) is 5.81. The van der Waals surface area contributed by atoms with Gasteiger partial charge >= 0.3 is 6.03 Å². The summed E-state index contributed by atoms with van der Waals surface area (Å²) in [7, 11) is 1.64. The lowest BCUT2D eigenvalue weighted by Crippen LogP contribution is -2.53. The molecule has 1 aliphatic heterocycles. The maximum Gasteiger partial charge on any atom is 0.318 e. The van der Waals surface area contributed by atoms with Crippen LogP contribution in [0.1, 0.15) is 24.4 Å². The second-order valence-corrected chi connectivity index (χ2v) is 5.81. The van der Waals surface area contributed by atoms with Gasteiger partial charge in [0, 0.05) is 13.1 Å². The molecule has 22 heavy (non-hydrogen) atoms. The molecule has 1 heterocycles. The monoisotopic (exact) mass is 303 g/mol. The molecule has 1 aromatic rings. The number of hydrogen-bond donors (Lipinski definition) is 2. The van der Waals surface area contributed by atoms with E-state index < -0.39 is 0 Å². The molecular formula is C16H21N3O3. The SMILES string of the molecule is COc1ccc([C@H](NC(=O)N2CCNC(=O)C2)C2CC2)cc1. The maximum atomic E-state index is 12.4. The summed E-state index contributed by atoms with van der Waals surface area (Å²) in [5, 5.41) is 5.81. The quantitative estimate of drug-likeness (QED) is 0.880. The van der Waals surface area contributed by atoms with Crippen molar-refractivity contribution in [3.8, 4) is 5.75 Å². The fourth-order valence-corrected chi connectivity index (χ4v) is 2.75.